The highest BCUT2D eigenvalue weighted by atomic mass is 16.5. The Balaban J connectivity index is 2.04. The average molecular weight is 282 g/mol. The maximum absolute atomic E-state index is 12.1. The van der Waals surface area contributed by atoms with Crippen LogP contribution in [-0.4, -0.2) is 37.1 Å². The van der Waals surface area contributed by atoms with Gasteiger partial charge in [0.25, 0.3) is 5.91 Å². The predicted octanol–water partition coefficient (Wildman–Crippen LogP) is 1.24. The van der Waals surface area contributed by atoms with Crippen LogP contribution in [0.2, 0.25) is 0 Å². The first-order valence-corrected chi connectivity index (χ1v) is 6.48. The lowest BCUT2D eigenvalue weighted by Gasteiger charge is -2.26. The summed E-state index contributed by atoms with van der Waals surface area (Å²) in [7, 11) is 0. The molecule has 21 heavy (non-hydrogen) atoms. The normalized spacial score (nSPS) is 15.0. The van der Waals surface area contributed by atoms with Gasteiger partial charge in [0, 0.05) is 25.0 Å². The Morgan fingerprint density at radius 2 is 1.90 bits per heavy atom. The minimum absolute atomic E-state index is 0.0428. The second kappa shape index (κ2) is 7.09. The number of benzene rings is 1. The highest BCUT2D eigenvalue weighted by Crippen LogP contribution is 2.10. The van der Waals surface area contributed by atoms with E-state index >= 15 is 0 Å². The Labute approximate surface area is 122 Å². The van der Waals surface area contributed by atoms with Gasteiger partial charge in [-0.05, 0) is 24.3 Å². The first-order chi connectivity index (χ1) is 10.2. The van der Waals surface area contributed by atoms with E-state index in [9.17, 15) is 4.79 Å². The lowest BCUT2D eigenvalue weighted by Crippen LogP contribution is -2.41. The number of ether oxygens (including phenoxy) is 1. The zero-order chi connectivity index (χ0) is 15.1. The topological polar surface area (TPSA) is 89.2 Å². The van der Waals surface area contributed by atoms with Crippen molar-refractivity contribution < 1.29 is 9.53 Å². The molecule has 1 heterocycles. The van der Waals surface area contributed by atoms with Crippen LogP contribution in [0.25, 0.3) is 0 Å². The number of amides is 1. The summed E-state index contributed by atoms with van der Waals surface area (Å²) in [4.78, 5) is 13.7. The molecule has 0 atom stereocenters. The molecule has 1 N–H and O–H groups in total. The number of nitrogens with one attached hydrogen (secondary N) is 1. The second-order valence-electron chi connectivity index (χ2n) is 4.41. The number of carbonyl (C=O) groups is 1. The minimum Gasteiger partial charge on any atom is -0.378 e. The highest BCUT2D eigenvalue weighted by molar-refractivity contribution is 5.97. The average Bonchev–Trinajstić information content (AvgIpc) is 2.56. The molecule has 0 bridgehead atoms. The molecule has 1 aliphatic heterocycles. The molecule has 0 saturated carbocycles. The van der Waals surface area contributed by atoms with Gasteiger partial charge in [0.15, 0.2) is 0 Å². The summed E-state index contributed by atoms with van der Waals surface area (Å²) in [5.74, 6) is -0.304. The van der Waals surface area contributed by atoms with E-state index < -0.39 is 0 Å². The Hall–Kier alpha value is -2.83. The quantitative estimate of drug-likeness (QED) is 0.665. The second-order valence-corrected chi connectivity index (χ2v) is 4.41. The molecule has 6 nitrogen and oxygen atoms in total. The number of nitriles is 2. The van der Waals surface area contributed by atoms with E-state index in [-0.39, 0.29) is 11.5 Å². The lowest BCUT2D eigenvalue weighted by atomic mass is 10.2. The van der Waals surface area contributed by atoms with Crippen LogP contribution in [0.5, 0.6) is 0 Å². The fourth-order valence-corrected chi connectivity index (χ4v) is 1.88. The van der Waals surface area contributed by atoms with E-state index in [2.05, 4.69) is 5.32 Å². The minimum atomic E-state index is -0.304. The van der Waals surface area contributed by atoms with Crippen molar-refractivity contribution in [3.8, 4) is 12.1 Å². The van der Waals surface area contributed by atoms with E-state index in [1.807, 2.05) is 12.1 Å². The largest absolute Gasteiger partial charge is 0.378 e. The summed E-state index contributed by atoms with van der Waals surface area (Å²) in [5.41, 5.74) is 1.30. The maximum atomic E-state index is 12.1. The Bertz CT molecular complexity index is 617. The van der Waals surface area contributed by atoms with Gasteiger partial charge in [0.1, 0.15) is 11.6 Å². The Morgan fingerprint density at radius 3 is 2.48 bits per heavy atom. The number of rotatable bonds is 3. The van der Waals surface area contributed by atoms with Crippen LogP contribution in [0.1, 0.15) is 5.56 Å². The third kappa shape index (κ3) is 3.82. The fraction of sp³-hybridized carbons (Fsp3) is 0.267. The molecule has 0 aromatic heterocycles. The summed E-state index contributed by atoms with van der Waals surface area (Å²) in [6.07, 6.45) is 1.39. The molecule has 0 unspecified atom stereocenters. The van der Waals surface area contributed by atoms with Crippen molar-refractivity contribution in [3.05, 3.63) is 41.6 Å². The summed E-state index contributed by atoms with van der Waals surface area (Å²) >= 11 is 0. The number of anilines is 1. The molecule has 0 spiro atoms. The van der Waals surface area contributed by atoms with E-state index in [4.69, 9.17) is 15.3 Å². The van der Waals surface area contributed by atoms with Gasteiger partial charge in [-0.25, -0.2) is 0 Å². The fourth-order valence-electron chi connectivity index (χ4n) is 1.88. The molecule has 6 heteroatoms. The van der Waals surface area contributed by atoms with Crippen LogP contribution in [0.4, 0.5) is 5.69 Å². The molecule has 1 aromatic carbocycles. The standard InChI is InChI=1S/C15H14N4O2/c16-9-12-1-3-14(4-2-12)18-11-13(10-17)15(20)19-5-7-21-8-6-19/h1-4,11,18H,5-8H2/b13-11-. The number of hydrogen-bond donors (Lipinski definition) is 1. The van der Waals surface area contributed by atoms with Crippen LogP contribution in [-0.2, 0) is 9.53 Å². The van der Waals surface area contributed by atoms with Gasteiger partial charge in [0.05, 0.1) is 24.8 Å². The van der Waals surface area contributed by atoms with Crippen molar-refractivity contribution in [1.29, 1.82) is 10.5 Å². The van der Waals surface area contributed by atoms with Gasteiger partial charge in [-0.3, -0.25) is 4.79 Å². The van der Waals surface area contributed by atoms with Gasteiger partial charge >= 0.3 is 0 Å². The third-order valence-electron chi connectivity index (χ3n) is 3.05. The Morgan fingerprint density at radius 1 is 1.24 bits per heavy atom. The Kier molecular flexibility index (Phi) is 4.92. The monoisotopic (exact) mass is 282 g/mol. The van der Waals surface area contributed by atoms with Crippen molar-refractivity contribution in [2.75, 3.05) is 31.6 Å². The van der Waals surface area contributed by atoms with Crippen molar-refractivity contribution in [2.45, 2.75) is 0 Å². The van der Waals surface area contributed by atoms with Crippen LogP contribution < -0.4 is 5.32 Å². The van der Waals surface area contributed by atoms with Crippen LogP contribution in [0.15, 0.2) is 36.0 Å². The molecule has 1 fully saturated rings. The smallest absolute Gasteiger partial charge is 0.266 e. The van der Waals surface area contributed by atoms with Crippen molar-refractivity contribution in [1.82, 2.24) is 4.90 Å². The molecule has 1 aromatic rings. The number of nitrogens with zero attached hydrogens (tertiary/aromatic N) is 3. The predicted molar refractivity (Wildman–Crippen MR) is 75.9 cm³/mol. The molecule has 2 rings (SSSR count). The number of morpholine rings is 1. The molecule has 0 aliphatic carbocycles. The number of carbonyl (C=O) groups excluding carboxylic acids is 1. The van der Waals surface area contributed by atoms with Gasteiger partial charge in [-0.2, -0.15) is 10.5 Å². The summed E-state index contributed by atoms with van der Waals surface area (Å²) in [5, 5.41) is 20.7. The van der Waals surface area contributed by atoms with E-state index in [0.29, 0.717) is 37.6 Å². The van der Waals surface area contributed by atoms with E-state index in [1.54, 1.807) is 29.2 Å². The van der Waals surface area contributed by atoms with Crippen LogP contribution in [0.3, 0.4) is 0 Å². The molecule has 1 amide bonds. The van der Waals surface area contributed by atoms with Gasteiger partial charge in [-0.15, -0.1) is 0 Å². The molecule has 1 saturated heterocycles. The zero-order valence-corrected chi connectivity index (χ0v) is 11.4. The first kappa shape index (κ1) is 14.6. The van der Waals surface area contributed by atoms with Crippen molar-refractivity contribution in [3.63, 3.8) is 0 Å². The van der Waals surface area contributed by atoms with Gasteiger partial charge in [-0.1, -0.05) is 0 Å². The molecule has 106 valence electrons. The SMILES string of the molecule is N#C/C(=C/Nc1ccc(C#N)cc1)C(=O)N1CCOCC1. The van der Waals surface area contributed by atoms with Gasteiger partial charge in [0.2, 0.25) is 0 Å². The molecule has 0 radical (unpaired) electrons. The van der Waals surface area contributed by atoms with Crippen molar-refractivity contribution >= 4 is 11.6 Å². The molecular weight excluding hydrogens is 268 g/mol. The van der Waals surface area contributed by atoms with Crippen LogP contribution in [0, 0.1) is 22.7 Å². The molecular formula is C15H14N4O2. The highest BCUT2D eigenvalue weighted by Gasteiger charge is 2.20. The summed E-state index contributed by atoms with van der Waals surface area (Å²) in [6.45, 7) is 1.98. The van der Waals surface area contributed by atoms with Crippen molar-refractivity contribution in [2.24, 2.45) is 0 Å². The lowest BCUT2D eigenvalue weighted by molar-refractivity contribution is -0.130. The summed E-state index contributed by atoms with van der Waals surface area (Å²) in [6, 6.07) is 10.7. The third-order valence-corrected chi connectivity index (χ3v) is 3.05. The molecule has 1 aliphatic rings. The zero-order valence-electron chi connectivity index (χ0n) is 11.4. The van der Waals surface area contributed by atoms with E-state index in [0.717, 1.165) is 0 Å². The van der Waals surface area contributed by atoms with Gasteiger partial charge < -0.3 is 15.0 Å². The van der Waals surface area contributed by atoms with E-state index in [1.165, 1.54) is 6.20 Å². The maximum Gasteiger partial charge on any atom is 0.266 e. The van der Waals surface area contributed by atoms with Crippen LogP contribution >= 0.6 is 0 Å². The first-order valence-electron chi connectivity index (χ1n) is 6.48. The number of hydrogen-bond acceptors (Lipinski definition) is 5. The summed E-state index contributed by atoms with van der Waals surface area (Å²) < 4.78 is 5.18.